The van der Waals surface area contributed by atoms with E-state index in [1.807, 2.05) is 26.8 Å². The monoisotopic (exact) mass is 352 g/mol. The second-order valence-electron chi connectivity index (χ2n) is 7.48. The number of hydrogen-bond acceptors (Lipinski definition) is 6. The molecule has 2 aliphatic rings. The molecule has 0 radical (unpaired) electrons. The summed E-state index contributed by atoms with van der Waals surface area (Å²) in [7, 11) is 0. The molecule has 0 aromatic carbocycles. The summed E-state index contributed by atoms with van der Waals surface area (Å²) < 4.78 is 16.8. The molecule has 0 spiro atoms. The fourth-order valence-electron chi connectivity index (χ4n) is 3.81. The Balaban J connectivity index is 2.44. The van der Waals surface area contributed by atoms with E-state index in [1.54, 1.807) is 0 Å². The van der Waals surface area contributed by atoms with Crippen molar-refractivity contribution in [2.75, 3.05) is 0 Å². The zero-order valence-electron chi connectivity index (χ0n) is 15.6. The molecule has 1 heterocycles. The van der Waals surface area contributed by atoms with Crippen molar-refractivity contribution in [2.45, 2.75) is 77.8 Å². The van der Waals surface area contributed by atoms with Crippen LogP contribution in [-0.2, 0) is 28.6 Å². The third kappa shape index (κ3) is 4.69. The van der Waals surface area contributed by atoms with Crippen LogP contribution in [0.25, 0.3) is 0 Å². The number of aldehydes is 1. The van der Waals surface area contributed by atoms with Gasteiger partial charge < -0.3 is 19.0 Å². The third-order valence-electron chi connectivity index (χ3n) is 5.02. The van der Waals surface area contributed by atoms with Gasteiger partial charge in [-0.3, -0.25) is 9.59 Å². The number of hydrogen-bond donors (Lipinski definition) is 0. The minimum Gasteiger partial charge on any atom is -0.462 e. The fraction of sp³-hybridized carbons (Fsp3) is 0.737. The van der Waals surface area contributed by atoms with Crippen LogP contribution in [0, 0.1) is 11.8 Å². The Morgan fingerprint density at radius 1 is 1.28 bits per heavy atom. The Bertz CT molecular complexity index is 566. The molecule has 0 saturated carbocycles. The van der Waals surface area contributed by atoms with Gasteiger partial charge in [0.25, 0.3) is 0 Å². The first kappa shape index (κ1) is 19.6. The van der Waals surface area contributed by atoms with Gasteiger partial charge in [0.2, 0.25) is 0 Å². The maximum atomic E-state index is 11.7. The minimum atomic E-state index is -0.897. The Hall–Kier alpha value is -1.69. The summed E-state index contributed by atoms with van der Waals surface area (Å²) >= 11 is 0. The summed E-state index contributed by atoms with van der Waals surface area (Å²) in [6, 6.07) is 0. The van der Waals surface area contributed by atoms with Crippen molar-refractivity contribution in [3.05, 3.63) is 11.6 Å². The van der Waals surface area contributed by atoms with E-state index in [4.69, 9.17) is 14.2 Å². The Kier molecular flexibility index (Phi) is 6.03. The van der Waals surface area contributed by atoms with Crippen LogP contribution >= 0.6 is 0 Å². The lowest BCUT2D eigenvalue weighted by Crippen LogP contribution is -2.43. The van der Waals surface area contributed by atoms with Gasteiger partial charge in [-0.25, -0.2) is 0 Å². The quantitative estimate of drug-likeness (QED) is 0.335. The number of allylic oxidation sites excluding steroid dienone is 1. The number of esters is 2. The SMILES string of the molecule is CC(=O)O[C@@H]1/C=C(\C)CC[C@H]2O[C@]2(C=O)C[C@@H](OC(C)=O)[C@@H]1C(C)C. The van der Waals surface area contributed by atoms with Gasteiger partial charge in [-0.15, -0.1) is 0 Å². The highest BCUT2D eigenvalue weighted by molar-refractivity contribution is 5.69. The summed E-state index contributed by atoms with van der Waals surface area (Å²) in [6.45, 7) is 8.67. The summed E-state index contributed by atoms with van der Waals surface area (Å²) in [5.74, 6) is -1.00. The van der Waals surface area contributed by atoms with Crippen LogP contribution in [0.1, 0.15) is 53.9 Å². The largest absolute Gasteiger partial charge is 0.462 e. The molecular weight excluding hydrogens is 324 g/mol. The number of carbonyl (C=O) groups excluding carboxylic acids is 3. The highest BCUT2D eigenvalue weighted by Gasteiger charge is 2.59. The molecule has 1 saturated heterocycles. The van der Waals surface area contributed by atoms with E-state index in [1.165, 1.54) is 13.8 Å². The topological polar surface area (TPSA) is 82.2 Å². The van der Waals surface area contributed by atoms with E-state index < -0.39 is 23.8 Å². The molecule has 0 aromatic rings. The van der Waals surface area contributed by atoms with E-state index in [9.17, 15) is 14.4 Å². The molecule has 5 atom stereocenters. The number of fused-ring (bicyclic) bond motifs is 1. The third-order valence-corrected chi connectivity index (χ3v) is 5.02. The normalized spacial score (nSPS) is 37.3. The minimum absolute atomic E-state index is 0.0677. The smallest absolute Gasteiger partial charge is 0.303 e. The summed E-state index contributed by atoms with van der Waals surface area (Å²) in [4.78, 5) is 35.0. The molecule has 0 aromatic heterocycles. The predicted octanol–water partition coefficient (Wildman–Crippen LogP) is 2.59. The summed E-state index contributed by atoms with van der Waals surface area (Å²) in [5, 5.41) is 0. The number of carbonyl (C=O) groups is 3. The van der Waals surface area contributed by atoms with Crippen molar-refractivity contribution in [3.63, 3.8) is 0 Å². The average Bonchev–Trinajstić information content (AvgIpc) is 3.16. The van der Waals surface area contributed by atoms with Gasteiger partial charge in [0.05, 0.1) is 6.10 Å². The standard InChI is InChI=1S/C19H28O6/c1-11(2)18-15(23-13(4)21)8-12(3)6-7-17-19(10-20,25-17)9-16(18)24-14(5)22/h8,10-11,15-18H,6-7,9H2,1-5H3/b12-8+/t15-,16-,17-,18-,19+/m1/s1. The molecule has 2 rings (SSSR count). The molecule has 1 fully saturated rings. The molecule has 0 amide bonds. The highest BCUT2D eigenvalue weighted by atomic mass is 16.6. The lowest BCUT2D eigenvalue weighted by molar-refractivity contribution is -0.160. The maximum absolute atomic E-state index is 11.7. The summed E-state index contributed by atoms with van der Waals surface area (Å²) in [5.41, 5.74) is 0.168. The van der Waals surface area contributed by atoms with Crippen LogP contribution < -0.4 is 0 Å². The van der Waals surface area contributed by atoms with Crippen LogP contribution in [0.15, 0.2) is 11.6 Å². The molecule has 25 heavy (non-hydrogen) atoms. The van der Waals surface area contributed by atoms with Crippen LogP contribution in [0.2, 0.25) is 0 Å². The molecular formula is C19H28O6. The zero-order chi connectivity index (χ0) is 18.8. The second-order valence-corrected chi connectivity index (χ2v) is 7.48. The average molecular weight is 352 g/mol. The molecule has 0 unspecified atom stereocenters. The predicted molar refractivity (Wildman–Crippen MR) is 90.7 cm³/mol. The van der Waals surface area contributed by atoms with Crippen molar-refractivity contribution >= 4 is 18.2 Å². The van der Waals surface area contributed by atoms with Gasteiger partial charge in [-0.2, -0.15) is 0 Å². The first-order valence-electron chi connectivity index (χ1n) is 8.84. The number of epoxide rings is 1. The van der Waals surface area contributed by atoms with Crippen molar-refractivity contribution < 1.29 is 28.6 Å². The van der Waals surface area contributed by atoms with Crippen LogP contribution in [0.4, 0.5) is 0 Å². The van der Waals surface area contributed by atoms with Crippen molar-refractivity contribution in [3.8, 4) is 0 Å². The molecule has 0 bridgehead atoms. The second kappa shape index (κ2) is 7.68. The van der Waals surface area contributed by atoms with Crippen molar-refractivity contribution in [1.82, 2.24) is 0 Å². The van der Waals surface area contributed by atoms with Gasteiger partial charge in [0.15, 0.2) is 11.9 Å². The lowest BCUT2D eigenvalue weighted by Gasteiger charge is -2.35. The van der Waals surface area contributed by atoms with E-state index in [2.05, 4.69) is 0 Å². The van der Waals surface area contributed by atoms with Crippen LogP contribution in [0.5, 0.6) is 0 Å². The van der Waals surface area contributed by atoms with E-state index in [-0.39, 0.29) is 30.3 Å². The van der Waals surface area contributed by atoms with Gasteiger partial charge in [0.1, 0.15) is 12.2 Å². The van der Waals surface area contributed by atoms with Gasteiger partial charge in [-0.05, 0) is 31.8 Å². The maximum Gasteiger partial charge on any atom is 0.303 e. The zero-order valence-corrected chi connectivity index (χ0v) is 15.6. The fourth-order valence-corrected chi connectivity index (χ4v) is 3.81. The van der Waals surface area contributed by atoms with Gasteiger partial charge in [0, 0.05) is 26.2 Å². The number of rotatable bonds is 4. The first-order chi connectivity index (χ1) is 11.7. The molecule has 6 heteroatoms. The molecule has 1 aliphatic heterocycles. The Labute approximate surface area is 148 Å². The Morgan fingerprint density at radius 3 is 2.44 bits per heavy atom. The van der Waals surface area contributed by atoms with Crippen LogP contribution in [-0.4, -0.2) is 42.1 Å². The van der Waals surface area contributed by atoms with Crippen molar-refractivity contribution in [2.24, 2.45) is 11.8 Å². The van der Waals surface area contributed by atoms with E-state index >= 15 is 0 Å². The molecule has 1 aliphatic carbocycles. The van der Waals surface area contributed by atoms with Crippen molar-refractivity contribution in [1.29, 1.82) is 0 Å². The molecule has 0 N–H and O–H groups in total. The van der Waals surface area contributed by atoms with Crippen LogP contribution in [0.3, 0.4) is 0 Å². The number of ether oxygens (including phenoxy) is 3. The van der Waals surface area contributed by atoms with E-state index in [0.29, 0.717) is 6.42 Å². The Morgan fingerprint density at radius 2 is 1.92 bits per heavy atom. The molecule has 6 nitrogen and oxygen atoms in total. The lowest BCUT2D eigenvalue weighted by atomic mass is 9.78. The summed E-state index contributed by atoms with van der Waals surface area (Å²) in [6.07, 6.45) is 3.30. The van der Waals surface area contributed by atoms with Gasteiger partial charge >= 0.3 is 11.9 Å². The first-order valence-corrected chi connectivity index (χ1v) is 8.84. The highest BCUT2D eigenvalue weighted by Crippen LogP contribution is 2.45. The molecule has 140 valence electrons. The van der Waals surface area contributed by atoms with Gasteiger partial charge in [-0.1, -0.05) is 19.4 Å². The van der Waals surface area contributed by atoms with E-state index in [0.717, 1.165) is 18.3 Å².